The van der Waals surface area contributed by atoms with Gasteiger partial charge in [0.2, 0.25) is 5.91 Å². The predicted molar refractivity (Wildman–Crippen MR) is 76.2 cm³/mol. The molecule has 1 aliphatic heterocycles. The summed E-state index contributed by atoms with van der Waals surface area (Å²) in [7, 11) is 0. The van der Waals surface area contributed by atoms with E-state index < -0.39 is 0 Å². The number of fused-ring (bicyclic) bond motifs is 1. The number of nitrogens with one attached hydrogen (secondary N) is 2. The van der Waals surface area contributed by atoms with E-state index in [0.717, 1.165) is 37.3 Å². The summed E-state index contributed by atoms with van der Waals surface area (Å²) in [6.07, 6.45) is 2.45. The van der Waals surface area contributed by atoms with Crippen molar-refractivity contribution < 1.29 is 4.79 Å². The van der Waals surface area contributed by atoms with Crippen molar-refractivity contribution in [2.75, 3.05) is 26.2 Å². The van der Waals surface area contributed by atoms with Crippen LogP contribution in [-0.2, 0) is 11.2 Å². The highest BCUT2D eigenvalue weighted by molar-refractivity contribution is 5.89. The number of carbonyl (C=O) groups excluding carboxylic acids is 1. The van der Waals surface area contributed by atoms with Gasteiger partial charge < -0.3 is 15.2 Å². The lowest BCUT2D eigenvalue weighted by Crippen LogP contribution is -2.46. The van der Waals surface area contributed by atoms with Crippen LogP contribution in [0.4, 0.5) is 0 Å². The minimum Gasteiger partial charge on any atom is -0.361 e. The average molecular weight is 257 g/mol. The third-order valence-electron chi connectivity index (χ3n) is 3.73. The van der Waals surface area contributed by atoms with Gasteiger partial charge in [-0.1, -0.05) is 11.6 Å². The second kappa shape index (κ2) is 5.05. The predicted octanol–water partition coefficient (Wildman–Crippen LogP) is 1.45. The lowest BCUT2D eigenvalue weighted by Gasteiger charge is -2.27. The van der Waals surface area contributed by atoms with E-state index >= 15 is 0 Å². The van der Waals surface area contributed by atoms with Crippen molar-refractivity contribution in [3.8, 4) is 0 Å². The van der Waals surface area contributed by atoms with Gasteiger partial charge in [0.1, 0.15) is 0 Å². The molecule has 2 heterocycles. The average Bonchev–Trinajstić information content (AvgIpc) is 2.82. The number of amides is 1. The van der Waals surface area contributed by atoms with Gasteiger partial charge >= 0.3 is 0 Å². The van der Waals surface area contributed by atoms with E-state index in [4.69, 9.17) is 0 Å². The minimum atomic E-state index is 0.226. The van der Waals surface area contributed by atoms with Crippen LogP contribution in [0.5, 0.6) is 0 Å². The molecule has 1 fully saturated rings. The molecule has 0 atom stereocenters. The SMILES string of the molecule is Cc1ccc2[nH]cc(CC(=O)N3CCNCC3)c2c1. The van der Waals surface area contributed by atoms with Crippen molar-refractivity contribution in [2.45, 2.75) is 13.3 Å². The van der Waals surface area contributed by atoms with Gasteiger partial charge in [-0.3, -0.25) is 4.79 Å². The molecule has 2 aromatic rings. The molecule has 4 nitrogen and oxygen atoms in total. The topological polar surface area (TPSA) is 48.1 Å². The number of H-pyrrole nitrogens is 1. The molecule has 1 aliphatic rings. The molecule has 1 aromatic carbocycles. The Morgan fingerprint density at radius 1 is 1.32 bits per heavy atom. The van der Waals surface area contributed by atoms with E-state index in [1.807, 2.05) is 11.1 Å². The Morgan fingerprint density at radius 3 is 2.89 bits per heavy atom. The Morgan fingerprint density at radius 2 is 2.11 bits per heavy atom. The van der Waals surface area contributed by atoms with Crippen molar-refractivity contribution in [3.05, 3.63) is 35.5 Å². The Kier molecular flexibility index (Phi) is 3.25. The lowest BCUT2D eigenvalue weighted by molar-refractivity contribution is -0.131. The van der Waals surface area contributed by atoms with Crippen LogP contribution in [0.25, 0.3) is 10.9 Å². The second-order valence-corrected chi connectivity index (χ2v) is 5.17. The van der Waals surface area contributed by atoms with Gasteiger partial charge in [-0.15, -0.1) is 0 Å². The molecule has 19 heavy (non-hydrogen) atoms. The molecule has 0 aliphatic carbocycles. The van der Waals surface area contributed by atoms with Crippen LogP contribution >= 0.6 is 0 Å². The molecule has 0 spiro atoms. The summed E-state index contributed by atoms with van der Waals surface area (Å²) in [5, 5.41) is 4.44. The van der Waals surface area contributed by atoms with Crippen molar-refractivity contribution in [1.29, 1.82) is 0 Å². The number of hydrogen-bond acceptors (Lipinski definition) is 2. The normalized spacial score (nSPS) is 15.9. The van der Waals surface area contributed by atoms with Gasteiger partial charge in [-0.2, -0.15) is 0 Å². The quantitative estimate of drug-likeness (QED) is 0.855. The summed E-state index contributed by atoms with van der Waals surface area (Å²) in [6.45, 7) is 5.52. The first-order chi connectivity index (χ1) is 9.24. The van der Waals surface area contributed by atoms with Gasteiger partial charge in [0.05, 0.1) is 6.42 Å². The zero-order chi connectivity index (χ0) is 13.2. The highest BCUT2D eigenvalue weighted by atomic mass is 16.2. The summed E-state index contributed by atoms with van der Waals surface area (Å²) in [6, 6.07) is 6.30. The molecular formula is C15H19N3O. The molecule has 2 N–H and O–H groups in total. The maximum absolute atomic E-state index is 12.3. The van der Waals surface area contributed by atoms with E-state index in [1.54, 1.807) is 0 Å². The monoisotopic (exact) mass is 257 g/mol. The van der Waals surface area contributed by atoms with Crippen molar-refractivity contribution in [1.82, 2.24) is 15.2 Å². The Hall–Kier alpha value is -1.81. The lowest BCUT2D eigenvalue weighted by atomic mass is 10.1. The maximum Gasteiger partial charge on any atom is 0.227 e. The first-order valence-electron chi connectivity index (χ1n) is 6.79. The molecule has 0 bridgehead atoms. The van der Waals surface area contributed by atoms with Crippen LogP contribution in [0.3, 0.4) is 0 Å². The summed E-state index contributed by atoms with van der Waals surface area (Å²) in [4.78, 5) is 17.5. The summed E-state index contributed by atoms with van der Waals surface area (Å²) >= 11 is 0. The maximum atomic E-state index is 12.3. The second-order valence-electron chi connectivity index (χ2n) is 5.17. The number of aromatic amines is 1. The van der Waals surface area contributed by atoms with Gasteiger partial charge in [0.15, 0.2) is 0 Å². The number of rotatable bonds is 2. The van der Waals surface area contributed by atoms with Crippen molar-refractivity contribution in [2.24, 2.45) is 0 Å². The first-order valence-corrected chi connectivity index (χ1v) is 6.79. The highest BCUT2D eigenvalue weighted by Gasteiger charge is 2.17. The number of carbonyl (C=O) groups is 1. The third kappa shape index (κ3) is 2.49. The largest absolute Gasteiger partial charge is 0.361 e. The highest BCUT2D eigenvalue weighted by Crippen LogP contribution is 2.20. The summed E-state index contributed by atoms with van der Waals surface area (Å²) < 4.78 is 0. The molecule has 0 radical (unpaired) electrons. The zero-order valence-corrected chi connectivity index (χ0v) is 11.2. The minimum absolute atomic E-state index is 0.226. The Balaban J connectivity index is 1.80. The molecule has 4 heteroatoms. The number of hydrogen-bond donors (Lipinski definition) is 2. The van der Waals surface area contributed by atoms with Crippen LogP contribution in [0.2, 0.25) is 0 Å². The fourth-order valence-electron chi connectivity index (χ4n) is 2.63. The van der Waals surface area contributed by atoms with Crippen LogP contribution in [-0.4, -0.2) is 42.0 Å². The number of benzene rings is 1. The Bertz CT molecular complexity index is 596. The van der Waals surface area contributed by atoms with E-state index in [0.29, 0.717) is 6.42 Å². The van der Waals surface area contributed by atoms with Crippen molar-refractivity contribution >= 4 is 16.8 Å². The van der Waals surface area contributed by atoms with Crippen LogP contribution < -0.4 is 5.32 Å². The standard InChI is InChI=1S/C15H19N3O/c1-11-2-3-14-13(8-11)12(10-17-14)9-15(19)18-6-4-16-5-7-18/h2-3,8,10,16-17H,4-7,9H2,1H3. The molecule has 0 unspecified atom stereocenters. The van der Waals surface area contributed by atoms with Crippen molar-refractivity contribution in [3.63, 3.8) is 0 Å². The number of nitrogens with zero attached hydrogens (tertiary/aromatic N) is 1. The molecule has 100 valence electrons. The van der Waals surface area contributed by atoms with E-state index in [1.165, 1.54) is 10.9 Å². The van der Waals surface area contributed by atoms with Gasteiger partial charge in [-0.25, -0.2) is 0 Å². The Labute approximate surface area is 112 Å². The van der Waals surface area contributed by atoms with Crippen LogP contribution in [0.1, 0.15) is 11.1 Å². The molecule has 0 saturated carbocycles. The smallest absolute Gasteiger partial charge is 0.227 e. The molecule has 1 amide bonds. The van der Waals surface area contributed by atoms with E-state index in [2.05, 4.69) is 35.4 Å². The first kappa shape index (κ1) is 12.2. The zero-order valence-electron chi connectivity index (χ0n) is 11.2. The molecular weight excluding hydrogens is 238 g/mol. The summed E-state index contributed by atoms with van der Waals surface area (Å²) in [5.74, 6) is 0.226. The van der Waals surface area contributed by atoms with E-state index in [-0.39, 0.29) is 5.91 Å². The molecule has 1 saturated heterocycles. The fraction of sp³-hybridized carbons (Fsp3) is 0.400. The fourth-order valence-corrected chi connectivity index (χ4v) is 2.63. The molecule has 3 rings (SSSR count). The van der Waals surface area contributed by atoms with E-state index in [9.17, 15) is 4.79 Å². The third-order valence-corrected chi connectivity index (χ3v) is 3.73. The van der Waals surface area contributed by atoms with Crippen LogP contribution in [0, 0.1) is 6.92 Å². The summed E-state index contributed by atoms with van der Waals surface area (Å²) in [5.41, 5.74) is 3.43. The van der Waals surface area contributed by atoms with Gasteiger partial charge in [0, 0.05) is 43.3 Å². The van der Waals surface area contributed by atoms with Gasteiger partial charge in [0.25, 0.3) is 0 Å². The van der Waals surface area contributed by atoms with Gasteiger partial charge in [-0.05, 0) is 24.6 Å². The molecule has 1 aromatic heterocycles. The number of aryl methyl sites for hydroxylation is 1. The van der Waals surface area contributed by atoms with Crippen LogP contribution in [0.15, 0.2) is 24.4 Å². The number of piperazine rings is 1. The number of aromatic nitrogens is 1.